The molecule has 0 fully saturated rings. The first kappa shape index (κ1) is 16.3. The van der Waals surface area contributed by atoms with E-state index in [1.807, 2.05) is 0 Å². The van der Waals surface area contributed by atoms with Crippen molar-refractivity contribution in [2.24, 2.45) is 0 Å². The number of hydrogen-bond acceptors (Lipinski definition) is 3. The first-order valence-corrected chi connectivity index (χ1v) is 8.83. The fourth-order valence-corrected chi connectivity index (χ4v) is 3.78. The van der Waals surface area contributed by atoms with Gasteiger partial charge in [0.2, 0.25) is 0 Å². The summed E-state index contributed by atoms with van der Waals surface area (Å²) in [5.74, 6) is -1.70. The van der Waals surface area contributed by atoms with E-state index in [9.17, 15) is 22.0 Å². The molecule has 2 aromatic rings. The van der Waals surface area contributed by atoms with Gasteiger partial charge in [-0.05, 0) is 54.6 Å². The van der Waals surface area contributed by atoms with E-state index < -0.39 is 33.4 Å². The number of rotatable bonds is 3. The lowest BCUT2D eigenvalue weighted by Gasteiger charge is -2.27. The second kappa shape index (κ2) is 6.16. The normalized spacial score (nSPS) is 18.5. The average Bonchev–Trinajstić information content (AvgIpc) is 2.90. The Morgan fingerprint density at radius 1 is 0.958 bits per heavy atom. The second-order valence-corrected chi connectivity index (χ2v) is 7.32. The molecular weight excluding hydrogens is 336 g/mol. The number of amides is 1. The van der Waals surface area contributed by atoms with Crippen molar-refractivity contribution in [1.29, 1.82) is 0 Å². The Labute approximate surface area is 137 Å². The van der Waals surface area contributed by atoms with Crippen LogP contribution in [0.25, 0.3) is 0 Å². The number of benzene rings is 2. The summed E-state index contributed by atoms with van der Waals surface area (Å²) < 4.78 is 49.6. The highest BCUT2D eigenvalue weighted by Gasteiger charge is 2.32. The Morgan fingerprint density at radius 3 is 2.00 bits per heavy atom. The molecule has 3 rings (SSSR count). The van der Waals surface area contributed by atoms with Gasteiger partial charge in [0.15, 0.2) is 9.84 Å². The van der Waals surface area contributed by atoms with Gasteiger partial charge < -0.3 is 4.90 Å². The number of carbonyl (C=O) groups excluding carboxylic acids is 1. The van der Waals surface area contributed by atoms with Gasteiger partial charge >= 0.3 is 0 Å². The molecule has 0 aliphatic carbocycles. The molecule has 24 heavy (non-hydrogen) atoms. The van der Waals surface area contributed by atoms with Gasteiger partial charge in [-0.1, -0.05) is 0 Å². The topological polar surface area (TPSA) is 54.5 Å². The maximum Gasteiger partial charge on any atom is 0.258 e. The first-order chi connectivity index (χ1) is 11.4. The van der Waals surface area contributed by atoms with Gasteiger partial charge in [0.05, 0.1) is 11.8 Å². The van der Waals surface area contributed by atoms with E-state index in [2.05, 4.69) is 0 Å². The zero-order valence-corrected chi connectivity index (χ0v) is 13.2. The van der Waals surface area contributed by atoms with Crippen molar-refractivity contribution in [1.82, 2.24) is 0 Å². The Balaban J connectivity index is 2.01. The molecule has 0 radical (unpaired) electrons. The molecule has 7 heteroatoms. The molecular formula is C17H13F2NO3S. The summed E-state index contributed by atoms with van der Waals surface area (Å²) in [6, 6.07) is 9.40. The molecule has 1 heterocycles. The summed E-state index contributed by atoms with van der Waals surface area (Å²) >= 11 is 0. The molecule has 1 amide bonds. The Hall–Kier alpha value is -2.54. The first-order valence-electron chi connectivity index (χ1n) is 7.11. The number of carbonyl (C=O) groups is 1. The van der Waals surface area contributed by atoms with Crippen LogP contribution in [-0.4, -0.2) is 26.1 Å². The maximum atomic E-state index is 13.2. The summed E-state index contributed by atoms with van der Waals surface area (Å²) in [5.41, 5.74) is 0.566. The maximum absolute atomic E-state index is 13.2. The number of halogens is 2. The number of sulfone groups is 1. The van der Waals surface area contributed by atoms with Gasteiger partial charge in [-0.2, -0.15) is 0 Å². The number of hydrogen-bond donors (Lipinski definition) is 0. The highest BCUT2D eigenvalue weighted by Crippen LogP contribution is 2.25. The van der Waals surface area contributed by atoms with Crippen LogP contribution in [0.1, 0.15) is 10.4 Å². The summed E-state index contributed by atoms with van der Waals surface area (Å²) in [5, 5.41) is 1.06. The third kappa shape index (κ3) is 3.35. The summed E-state index contributed by atoms with van der Waals surface area (Å²) in [6.07, 6.45) is 1.42. The third-order valence-electron chi connectivity index (χ3n) is 3.66. The SMILES string of the molecule is O=C(c1ccc(F)cc1)N(c1ccc(F)cc1)[C@@H]1C=CS(=O)(=O)C1. The fraction of sp³-hybridized carbons (Fsp3) is 0.118. The number of anilines is 1. The van der Waals surface area contributed by atoms with E-state index >= 15 is 0 Å². The van der Waals surface area contributed by atoms with Gasteiger partial charge in [-0.15, -0.1) is 0 Å². The van der Waals surface area contributed by atoms with Crippen LogP contribution in [0.4, 0.5) is 14.5 Å². The van der Waals surface area contributed by atoms with Crippen molar-refractivity contribution < 1.29 is 22.0 Å². The van der Waals surface area contributed by atoms with Crippen molar-refractivity contribution in [2.75, 3.05) is 10.7 Å². The molecule has 1 aliphatic heterocycles. The van der Waals surface area contributed by atoms with Gasteiger partial charge in [0.25, 0.3) is 5.91 Å². The minimum Gasteiger partial charge on any atom is -0.300 e. The van der Waals surface area contributed by atoms with Crippen LogP contribution in [0.5, 0.6) is 0 Å². The molecule has 0 saturated carbocycles. The smallest absolute Gasteiger partial charge is 0.258 e. The summed E-state index contributed by atoms with van der Waals surface area (Å²) in [7, 11) is -3.39. The molecule has 124 valence electrons. The molecule has 4 nitrogen and oxygen atoms in total. The molecule has 2 aromatic carbocycles. The van der Waals surface area contributed by atoms with E-state index in [4.69, 9.17) is 0 Å². The highest BCUT2D eigenvalue weighted by atomic mass is 32.2. The van der Waals surface area contributed by atoms with Crippen LogP contribution in [0, 0.1) is 11.6 Å². The van der Waals surface area contributed by atoms with Crippen LogP contribution < -0.4 is 4.90 Å². The van der Waals surface area contributed by atoms with Gasteiger partial charge in [-0.25, -0.2) is 17.2 Å². The highest BCUT2D eigenvalue weighted by molar-refractivity contribution is 7.94. The zero-order valence-electron chi connectivity index (χ0n) is 12.4. The molecule has 0 bridgehead atoms. The van der Waals surface area contributed by atoms with Crippen LogP contribution in [0.15, 0.2) is 60.0 Å². The third-order valence-corrected chi connectivity index (χ3v) is 5.04. The Kier molecular flexibility index (Phi) is 4.19. The lowest BCUT2D eigenvalue weighted by molar-refractivity contribution is 0.0983. The van der Waals surface area contributed by atoms with Crippen molar-refractivity contribution in [3.05, 3.63) is 77.2 Å². The lowest BCUT2D eigenvalue weighted by Crippen LogP contribution is -2.41. The van der Waals surface area contributed by atoms with Crippen LogP contribution in [0.2, 0.25) is 0 Å². The molecule has 0 saturated heterocycles. The molecule has 0 aromatic heterocycles. The van der Waals surface area contributed by atoms with E-state index in [0.717, 1.165) is 17.5 Å². The largest absolute Gasteiger partial charge is 0.300 e. The van der Waals surface area contributed by atoms with Crippen LogP contribution in [-0.2, 0) is 9.84 Å². The van der Waals surface area contributed by atoms with Gasteiger partial charge in [-0.3, -0.25) is 4.79 Å². The molecule has 0 spiro atoms. The average molecular weight is 349 g/mol. The van der Waals surface area contributed by atoms with Crippen molar-refractivity contribution in [3.63, 3.8) is 0 Å². The Bertz CT molecular complexity index is 890. The van der Waals surface area contributed by atoms with E-state index in [1.54, 1.807) is 0 Å². The second-order valence-electron chi connectivity index (χ2n) is 5.38. The fourth-order valence-electron chi connectivity index (χ4n) is 2.51. The molecule has 1 atom stereocenters. The summed E-state index contributed by atoms with van der Waals surface area (Å²) in [4.78, 5) is 14.1. The minimum atomic E-state index is -3.39. The van der Waals surface area contributed by atoms with Crippen molar-refractivity contribution in [3.8, 4) is 0 Å². The predicted octanol–water partition coefficient (Wildman–Crippen LogP) is 2.92. The monoisotopic (exact) mass is 349 g/mol. The Morgan fingerprint density at radius 2 is 1.50 bits per heavy atom. The quantitative estimate of drug-likeness (QED) is 0.856. The predicted molar refractivity (Wildman–Crippen MR) is 86.3 cm³/mol. The summed E-state index contributed by atoms with van der Waals surface area (Å²) in [6.45, 7) is 0. The van der Waals surface area contributed by atoms with Crippen molar-refractivity contribution in [2.45, 2.75) is 6.04 Å². The van der Waals surface area contributed by atoms with Gasteiger partial charge in [0.1, 0.15) is 11.6 Å². The van der Waals surface area contributed by atoms with E-state index in [1.165, 1.54) is 47.4 Å². The molecule has 0 N–H and O–H groups in total. The minimum absolute atomic E-state index is 0.207. The van der Waals surface area contributed by atoms with Crippen LogP contribution in [0.3, 0.4) is 0 Å². The molecule has 1 aliphatic rings. The zero-order chi connectivity index (χ0) is 17.3. The van der Waals surface area contributed by atoms with Crippen molar-refractivity contribution >= 4 is 21.4 Å². The van der Waals surface area contributed by atoms with Gasteiger partial charge in [0, 0.05) is 16.7 Å². The molecule has 0 unspecified atom stereocenters. The van der Waals surface area contributed by atoms with E-state index in [0.29, 0.717) is 5.69 Å². The standard InChI is InChI=1S/C17H13F2NO3S/c18-13-3-1-12(2-4-13)17(21)20(15-7-5-14(19)6-8-15)16-9-10-24(22,23)11-16/h1-10,16H,11H2/t16-/m1/s1. The lowest BCUT2D eigenvalue weighted by atomic mass is 10.1. The van der Waals surface area contributed by atoms with E-state index in [-0.39, 0.29) is 11.3 Å². The number of nitrogens with zero attached hydrogens (tertiary/aromatic N) is 1. The van der Waals surface area contributed by atoms with Crippen LogP contribution >= 0.6 is 0 Å².